The summed E-state index contributed by atoms with van der Waals surface area (Å²) in [4.78, 5) is 25.2. The maximum atomic E-state index is 14.2. The van der Waals surface area contributed by atoms with Gasteiger partial charge < -0.3 is 29.9 Å². The second-order valence-corrected chi connectivity index (χ2v) is 11.0. The molecule has 4 aromatic rings. The number of amides is 1. The number of aliphatic hydroxyl groups excluding tert-OH is 2. The monoisotopic (exact) mass is 602 g/mol. The molecule has 0 unspecified atom stereocenters. The molecule has 0 aliphatic carbocycles. The molecule has 0 radical (unpaired) electrons. The van der Waals surface area contributed by atoms with E-state index in [0.717, 1.165) is 11.3 Å². The number of aliphatic carboxylic acids is 1. The molecule has 0 fully saturated rings. The van der Waals surface area contributed by atoms with E-state index in [1.807, 2.05) is 55.7 Å². The number of ether oxygens (including phenoxy) is 1. The van der Waals surface area contributed by atoms with E-state index in [1.54, 1.807) is 36.4 Å². The van der Waals surface area contributed by atoms with Gasteiger partial charge in [-0.05, 0) is 85.3 Å². The Kier molecular flexibility index (Phi) is 10.9. The largest absolute Gasteiger partial charge is 0.494 e. The van der Waals surface area contributed by atoms with Crippen molar-refractivity contribution in [3.8, 4) is 28.1 Å². The summed E-state index contributed by atoms with van der Waals surface area (Å²) in [5.74, 6) is -1.31. The number of nitrogens with zero attached hydrogens (tertiary/aromatic N) is 1. The Morgan fingerprint density at radius 2 is 1.57 bits per heavy atom. The third-order valence-corrected chi connectivity index (χ3v) is 7.32. The molecular formula is C35H39FN2O6. The van der Waals surface area contributed by atoms with E-state index >= 15 is 0 Å². The van der Waals surface area contributed by atoms with Gasteiger partial charge in [0.2, 0.25) is 0 Å². The summed E-state index contributed by atoms with van der Waals surface area (Å²) in [5, 5.41) is 32.9. The van der Waals surface area contributed by atoms with E-state index in [1.165, 1.54) is 12.1 Å². The fraction of sp³-hybridized carbons (Fsp3) is 0.314. The second kappa shape index (κ2) is 14.8. The van der Waals surface area contributed by atoms with Crippen molar-refractivity contribution in [3.05, 3.63) is 95.9 Å². The van der Waals surface area contributed by atoms with Crippen LogP contribution in [-0.4, -0.2) is 50.6 Å². The quantitative estimate of drug-likeness (QED) is 0.127. The van der Waals surface area contributed by atoms with Crippen LogP contribution in [0.2, 0.25) is 0 Å². The third-order valence-electron chi connectivity index (χ3n) is 7.32. The number of carbonyl (C=O) groups excluding carboxylic acids is 1. The standard InChI is InChI=1S/C35H39FN2O6/c1-4-44-29-16-14-26(15-17-29)37-35(43)32-31(23-8-6-5-7-9-23)34(24-10-12-25(36)13-11-24)38(33(32)22(2)3)19-18-27(39)20-28(40)21-30(41)42/h5-17,22,27-28,39-40H,4,18-21H2,1-3H3,(H,37,43)(H,41,42)/t27-,28-/m1/s1. The van der Waals surface area contributed by atoms with Gasteiger partial charge in [-0.1, -0.05) is 44.2 Å². The van der Waals surface area contributed by atoms with E-state index in [4.69, 9.17) is 9.84 Å². The Balaban J connectivity index is 1.86. The Hall–Kier alpha value is -4.47. The van der Waals surface area contributed by atoms with Gasteiger partial charge in [0.25, 0.3) is 5.91 Å². The molecule has 0 saturated heterocycles. The van der Waals surface area contributed by atoms with Gasteiger partial charge in [0.15, 0.2) is 0 Å². The third kappa shape index (κ3) is 7.92. The van der Waals surface area contributed by atoms with Crippen molar-refractivity contribution in [2.75, 3.05) is 11.9 Å². The number of nitrogens with one attached hydrogen (secondary N) is 1. The highest BCUT2D eigenvalue weighted by atomic mass is 19.1. The van der Waals surface area contributed by atoms with E-state index in [9.17, 15) is 24.2 Å². The topological polar surface area (TPSA) is 121 Å². The van der Waals surface area contributed by atoms with Crippen LogP contribution in [-0.2, 0) is 11.3 Å². The molecule has 232 valence electrons. The Bertz CT molecular complexity index is 1550. The first-order chi connectivity index (χ1) is 21.1. The Morgan fingerprint density at radius 1 is 0.909 bits per heavy atom. The van der Waals surface area contributed by atoms with Crippen LogP contribution in [0.5, 0.6) is 5.75 Å². The summed E-state index contributed by atoms with van der Waals surface area (Å²) in [5.41, 5.74) is 4.62. The molecule has 0 saturated carbocycles. The number of carboxylic acid groups (broad SMARTS) is 1. The lowest BCUT2D eigenvalue weighted by atomic mass is 9.94. The number of hydrogen-bond acceptors (Lipinski definition) is 5. The predicted molar refractivity (Wildman–Crippen MR) is 168 cm³/mol. The lowest BCUT2D eigenvalue weighted by molar-refractivity contribution is -0.139. The highest BCUT2D eigenvalue weighted by Gasteiger charge is 2.31. The van der Waals surface area contributed by atoms with Gasteiger partial charge in [0.1, 0.15) is 11.6 Å². The van der Waals surface area contributed by atoms with Gasteiger partial charge >= 0.3 is 5.97 Å². The van der Waals surface area contributed by atoms with E-state index in [2.05, 4.69) is 5.32 Å². The molecule has 9 heteroatoms. The lowest BCUT2D eigenvalue weighted by Gasteiger charge is -2.20. The smallest absolute Gasteiger partial charge is 0.305 e. The number of rotatable bonds is 14. The van der Waals surface area contributed by atoms with Gasteiger partial charge in [-0.3, -0.25) is 9.59 Å². The molecule has 0 aliphatic rings. The van der Waals surface area contributed by atoms with Crippen molar-refractivity contribution in [1.82, 2.24) is 4.57 Å². The molecule has 4 rings (SSSR count). The van der Waals surface area contributed by atoms with Crippen LogP contribution in [0.25, 0.3) is 22.4 Å². The van der Waals surface area contributed by atoms with Crippen LogP contribution >= 0.6 is 0 Å². The number of carboxylic acids is 1. The summed E-state index contributed by atoms with van der Waals surface area (Å²) in [6, 6.07) is 22.7. The van der Waals surface area contributed by atoms with Crippen molar-refractivity contribution < 1.29 is 34.0 Å². The predicted octanol–water partition coefficient (Wildman–Crippen LogP) is 6.71. The number of carbonyl (C=O) groups is 2. The van der Waals surface area contributed by atoms with Crippen molar-refractivity contribution in [2.24, 2.45) is 0 Å². The SMILES string of the molecule is CCOc1ccc(NC(=O)c2c(-c3ccccc3)c(-c3ccc(F)cc3)n(CC[C@@H](O)C[C@@H](O)CC(=O)O)c2C(C)C)cc1. The van der Waals surface area contributed by atoms with Crippen LogP contribution in [0.3, 0.4) is 0 Å². The highest BCUT2D eigenvalue weighted by Crippen LogP contribution is 2.42. The summed E-state index contributed by atoms with van der Waals surface area (Å²) in [6.45, 7) is 6.65. The molecule has 44 heavy (non-hydrogen) atoms. The van der Waals surface area contributed by atoms with E-state index in [0.29, 0.717) is 40.4 Å². The van der Waals surface area contributed by atoms with Crippen LogP contribution in [0.15, 0.2) is 78.9 Å². The van der Waals surface area contributed by atoms with Crippen LogP contribution in [0.4, 0.5) is 10.1 Å². The minimum absolute atomic E-state index is 0.104. The van der Waals surface area contributed by atoms with Crippen LogP contribution in [0.1, 0.15) is 62.0 Å². The van der Waals surface area contributed by atoms with Gasteiger partial charge in [0, 0.05) is 23.5 Å². The first-order valence-corrected chi connectivity index (χ1v) is 14.8. The van der Waals surface area contributed by atoms with Crippen molar-refractivity contribution >= 4 is 17.6 Å². The highest BCUT2D eigenvalue weighted by molar-refractivity contribution is 6.12. The molecule has 2 atom stereocenters. The molecular weight excluding hydrogens is 563 g/mol. The average molecular weight is 603 g/mol. The van der Waals surface area contributed by atoms with Gasteiger partial charge in [-0.25, -0.2) is 4.39 Å². The lowest BCUT2D eigenvalue weighted by Crippen LogP contribution is -2.22. The Morgan fingerprint density at radius 3 is 2.16 bits per heavy atom. The minimum Gasteiger partial charge on any atom is -0.494 e. The summed E-state index contributed by atoms with van der Waals surface area (Å²) >= 11 is 0. The zero-order valence-electron chi connectivity index (χ0n) is 25.2. The first kappa shape index (κ1) is 32.4. The second-order valence-electron chi connectivity index (χ2n) is 11.0. The van der Waals surface area contributed by atoms with Crippen LogP contribution in [0, 0.1) is 5.82 Å². The van der Waals surface area contributed by atoms with Crippen LogP contribution < -0.4 is 10.1 Å². The molecule has 0 spiro atoms. The number of benzene rings is 3. The zero-order chi connectivity index (χ0) is 31.8. The van der Waals surface area contributed by atoms with Gasteiger partial charge in [-0.2, -0.15) is 0 Å². The molecule has 4 N–H and O–H groups in total. The van der Waals surface area contributed by atoms with Gasteiger partial charge in [-0.15, -0.1) is 0 Å². The average Bonchev–Trinajstić information content (AvgIpc) is 3.33. The minimum atomic E-state index is -1.19. The molecule has 1 amide bonds. The normalized spacial score (nSPS) is 12.6. The molecule has 1 aromatic heterocycles. The number of aromatic nitrogens is 1. The summed E-state index contributed by atoms with van der Waals surface area (Å²) in [7, 11) is 0. The zero-order valence-corrected chi connectivity index (χ0v) is 25.2. The molecule has 0 bridgehead atoms. The molecule has 8 nitrogen and oxygen atoms in total. The molecule has 3 aromatic carbocycles. The van der Waals surface area contributed by atoms with Gasteiger partial charge in [0.05, 0.1) is 36.5 Å². The first-order valence-electron chi connectivity index (χ1n) is 14.8. The maximum absolute atomic E-state index is 14.2. The number of hydrogen-bond donors (Lipinski definition) is 4. The summed E-state index contributed by atoms with van der Waals surface area (Å²) < 4.78 is 21.6. The summed E-state index contributed by atoms with van der Waals surface area (Å²) in [6.07, 6.45) is -2.56. The van der Waals surface area contributed by atoms with Crippen molar-refractivity contribution in [2.45, 2.75) is 64.7 Å². The maximum Gasteiger partial charge on any atom is 0.305 e. The van der Waals surface area contributed by atoms with Crippen molar-refractivity contribution in [3.63, 3.8) is 0 Å². The fourth-order valence-electron chi connectivity index (χ4n) is 5.48. The molecule has 1 heterocycles. The Labute approximate surface area is 256 Å². The van der Waals surface area contributed by atoms with E-state index < -0.39 is 30.4 Å². The number of aliphatic hydroxyl groups is 2. The number of halogens is 1. The molecule has 0 aliphatic heterocycles. The van der Waals surface area contributed by atoms with Crippen molar-refractivity contribution in [1.29, 1.82) is 0 Å². The fourth-order valence-corrected chi connectivity index (χ4v) is 5.48. The van der Waals surface area contributed by atoms with E-state index in [-0.39, 0.29) is 31.2 Å². The number of anilines is 1.